The standard InChI is InChI=1S/C14H13F3N4O/c1-8-6-21-10(2-3-18-21)7-20(8)14(22)19-9-4-11(15)13(17)12(16)5-9/h2-5,8H,6-7H2,1H3,(H,19,22)/t8-/m0/s1. The molecule has 1 aliphatic rings. The van der Waals surface area contributed by atoms with Crippen LogP contribution in [0.15, 0.2) is 24.4 Å². The number of hydrogen-bond donors (Lipinski definition) is 1. The predicted molar refractivity (Wildman–Crippen MR) is 72.6 cm³/mol. The highest BCUT2D eigenvalue weighted by Crippen LogP contribution is 2.21. The van der Waals surface area contributed by atoms with E-state index in [4.69, 9.17) is 0 Å². The number of nitrogens with one attached hydrogen (secondary N) is 1. The van der Waals surface area contributed by atoms with Crippen LogP contribution in [0.25, 0.3) is 0 Å². The zero-order valence-electron chi connectivity index (χ0n) is 11.7. The summed E-state index contributed by atoms with van der Waals surface area (Å²) in [6.07, 6.45) is 1.65. The molecule has 3 rings (SSSR count). The highest BCUT2D eigenvalue weighted by molar-refractivity contribution is 5.89. The molecule has 0 saturated carbocycles. The van der Waals surface area contributed by atoms with Crippen LogP contribution in [0.5, 0.6) is 0 Å². The molecule has 0 unspecified atom stereocenters. The van der Waals surface area contributed by atoms with Crippen LogP contribution in [-0.2, 0) is 13.1 Å². The summed E-state index contributed by atoms with van der Waals surface area (Å²) in [7, 11) is 0. The summed E-state index contributed by atoms with van der Waals surface area (Å²) in [5, 5.41) is 6.52. The van der Waals surface area contributed by atoms with Gasteiger partial charge in [-0.15, -0.1) is 0 Å². The van der Waals surface area contributed by atoms with E-state index in [1.54, 1.807) is 16.9 Å². The summed E-state index contributed by atoms with van der Waals surface area (Å²) < 4.78 is 41.1. The van der Waals surface area contributed by atoms with E-state index in [9.17, 15) is 18.0 Å². The van der Waals surface area contributed by atoms with Gasteiger partial charge in [-0.25, -0.2) is 18.0 Å². The van der Waals surface area contributed by atoms with E-state index < -0.39 is 23.5 Å². The van der Waals surface area contributed by atoms with Crippen molar-refractivity contribution in [2.24, 2.45) is 0 Å². The van der Waals surface area contributed by atoms with E-state index in [0.29, 0.717) is 13.1 Å². The smallest absolute Gasteiger partial charge is 0.314 e. The molecule has 116 valence electrons. The monoisotopic (exact) mass is 310 g/mol. The second-order valence-electron chi connectivity index (χ2n) is 5.17. The molecule has 22 heavy (non-hydrogen) atoms. The lowest BCUT2D eigenvalue weighted by Gasteiger charge is -2.33. The lowest BCUT2D eigenvalue weighted by molar-refractivity contribution is 0.161. The van der Waals surface area contributed by atoms with Gasteiger partial charge in [0.25, 0.3) is 0 Å². The third-order valence-corrected chi connectivity index (χ3v) is 3.60. The van der Waals surface area contributed by atoms with Gasteiger partial charge in [0.2, 0.25) is 0 Å². The van der Waals surface area contributed by atoms with Gasteiger partial charge in [-0.05, 0) is 13.0 Å². The van der Waals surface area contributed by atoms with Gasteiger partial charge >= 0.3 is 6.03 Å². The van der Waals surface area contributed by atoms with E-state index in [-0.39, 0.29) is 11.7 Å². The molecule has 5 nitrogen and oxygen atoms in total. The molecular formula is C14H13F3N4O. The number of rotatable bonds is 1. The minimum Gasteiger partial charge on any atom is -0.314 e. The highest BCUT2D eigenvalue weighted by atomic mass is 19.2. The number of amides is 2. The first kappa shape index (κ1) is 14.4. The number of nitrogens with zero attached hydrogens (tertiary/aromatic N) is 3. The van der Waals surface area contributed by atoms with Crippen molar-refractivity contribution in [2.45, 2.75) is 26.1 Å². The van der Waals surface area contributed by atoms with E-state index in [0.717, 1.165) is 17.8 Å². The van der Waals surface area contributed by atoms with Gasteiger partial charge in [0, 0.05) is 24.0 Å². The van der Waals surface area contributed by atoms with Gasteiger partial charge in [-0.1, -0.05) is 0 Å². The molecule has 2 heterocycles. The maximum atomic E-state index is 13.2. The normalized spacial score (nSPS) is 17.3. The second kappa shape index (κ2) is 5.36. The van der Waals surface area contributed by atoms with Crippen molar-refractivity contribution < 1.29 is 18.0 Å². The number of carbonyl (C=O) groups excluding carboxylic acids is 1. The van der Waals surface area contributed by atoms with E-state index in [2.05, 4.69) is 10.4 Å². The van der Waals surface area contributed by atoms with Gasteiger partial charge in [0.05, 0.1) is 24.8 Å². The lowest BCUT2D eigenvalue weighted by Crippen LogP contribution is -2.46. The summed E-state index contributed by atoms with van der Waals surface area (Å²) in [6, 6.07) is 2.64. The fourth-order valence-corrected chi connectivity index (χ4v) is 2.43. The quantitative estimate of drug-likeness (QED) is 0.823. The predicted octanol–water partition coefficient (Wildman–Crippen LogP) is 2.74. The molecule has 1 aromatic carbocycles. The molecule has 1 atom stereocenters. The molecule has 0 radical (unpaired) electrons. The number of urea groups is 1. The van der Waals surface area contributed by atoms with E-state index in [1.165, 1.54) is 4.90 Å². The molecule has 0 fully saturated rings. The molecule has 8 heteroatoms. The first-order valence-corrected chi connectivity index (χ1v) is 6.68. The molecule has 2 aromatic rings. The van der Waals surface area contributed by atoms with Crippen LogP contribution in [0.2, 0.25) is 0 Å². The van der Waals surface area contributed by atoms with Gasteiger partial charge in [0.1, 0.15) is 0 Å². The number of aromatic nitrogens is 2. The summed E-state index contributed by atoms with van der Waals surface area (Å²) in [5.74, 6) is -4.26. The van der Waals surface area contributed by atoms with Crippen LogP contribution < -0.4 is 5.32 Å². The lowest BCUT2D eigenvalue weighted by atomic mass is 10.2. The Kier molecular flexibility index (Phi) is 3.51. The second-order valence-corrected chi connectivity index (χ2v) is 5.17. The summed E-state index contributed by atoms with van der Waals surface area (Å²) in [6.45, 7) is 2.71. The number of anilines is 1. The topological polar surface area (TPSA) is 50.2 Å². The van der Waals surface area contributed by atoms with Crippen molar-refractivity contribution in [1.82, 2.24) is 14.7 Å². The van der Waals surface area contributed by atoms with E-state index in [1.807, 2.05) is 6.92 Å². The fourth-order valence-electron chi connectivity index (χ4n) is 2.43. The van der Waals surface area contributed by atoms with Crippen molar-refractivity contribution in [3.8, 4) is 0 Å². The number of benzene rings is 1. The fraction of sp³-hybridized carbons (Fsp3) is 0.286. The van der Waals surface area contributed by atoms with Crippen molar-refractivity contribution in [1.29, 1.82) is 0 Å². The van der Waals surface area contributed by atoms with Gasteiger partial charge < -0.3 is 10.2 Å². The number of hydrogen-bond acceptors (Lipinski definition) is 2. The summed E-state index contributed by atoms with van der Waals surface area (Å²) >= 11 is 0. The Bertz CT molecular complexity index is 708. The van der Waals surface area contributed by atoms with Crippen molar-refractivity contribution in [3.05, 3.63) is 47.5 Å². The van der Waals surface area contributed by atoms with Crippen molar-refractivity contribution in [2.75, 3.05) is 5.32 Å². The third kappa shape index (κ3) is 2.51. The van der Waals surface area contributed by atoms with Gasteiger partial charge in [0.15, 0.2) is 17.5 Å². The molecule has 1 N–H and O–H groups in total. The Morgan fingerprint density at radius 1 is 1.32 bits per heavy atom. The zero-order valence-corrected chi connectivity index (χ0v) is 11.7. The minimum atomic E-state index is -1.56. The Hall–Kier alpha value is -2.51. The molecule has 0 spiro atoms. The molecule has 2 amide bonds. The van der Waals surface area contributed by atoms with Crippen LogP contribution in [0.4, 0.5) is 23.7 Å². The van der Waals surface area contributed by atoms with Crippen LogP contribution in [0.1, 0.15) is 12.6 Å². The summed E-state index contributed by atoms with van der Waals surface area (Å²) in [5.41, 5.74) is 0.734. The number of halogens is 3. The van der Waals surface area contributed by atoms with Crippen molar-refractivity contribution >= 4 is 11.7 Å². The minimum absolute atomic E-state index is 0.132. The Balaban J connectivity index is 1.78. The maximum Gasteiger partial charge on any atom is 0.322 e. The Labute approximate surface area is 124 Å². The average Bonchev–Trinajstić information content (AvgIpc) is 2.90. The van der Waals surface area contributed by atoms with Crippen LogP contribution in [0, 0.1) is 17.5 Å². The van der Waals surface area contributed by atoms with Crippen LogP contribution >= 0.6 is 0 Å². The average molecular weight is 310 g/mol. The SMILES string of the molecule is C[C@H]1Cn2nccc2CN1C(=O)Nc1cc(F)c(F)c(F)c1. The molecule has 1 aliphatic heterocycles. The third-order valence-electron chi connectivity index (χ3n) is 3.60. The van der Waals surface area contributed by atoms with Crippen LogP contribution in [0.3, 0.4) is 0 Å². The van der Waals surface area contributed by atoms with Crippen LogP contribution in [-0.4, -0.2) is 26.8 Å². The molecule has 0 aliphatic carbocycles. The zero-order chi connectivity index (χ0) is 15.9. The highest BCUT2D eigenvalue weighted by Gasteiger charge is 2.27. The molecule has 0 bridgehead atoms. The Morgan fingerprint density at radius 3 is 2.68 bits per heavy atom. The van der Waals surface area contributed by atoms with E-state index >= 15 is 0 Å². The molecular weight excluding hydrogens is 297 g/mol. The molecule has 0 saturated heterocycles. The first-order chi connectivity index (χ1) is 10.5. The first-order valence-electron chi connectivity index (χ1n) is 6.68. The Morgan fingerprint density at radius 2 is 2.00 bits per heavy atom. The van der Waals surface area contributed by atoms with Gasteiger partial charge in [-0.3, -0.25) is 4.68 Å². The largest absolute Gasteiger partial charge is 0.322 e. The number of carbonyl (C=O) groups is 1. The summed E-state index contributed by atoms with van der Waals surface area (Å²) in [4.78, 5) is 13.8. The van der Waals surface area contributed by atoms with Crippen molar-refractivity contribution in [3.63, 3.8) is 0 Å². The molecule has 1 aromatic heterocycles. The number of fused-ring (bicyclic) bond motifs is 1. The van der Waals surface area contributed by atoms with Gasteiger partial charge in [-0.2, -0.15) is 5.10 Å². The maximum absolute atomic E-state index is 13.2.